The van der Waals surface area contributed by atoms with E-state index in [0.29, 0.717) is 17.2 Å². The van der Waals surface area contributed by atoms with Crippen molar-refractivity contribution in [3.63, 3.8) is 0 Å². The van der Waals surface area contributed by atoms with E-state index in [1.54, 1.807) is 12.1 Å². The molecule has 1 amide bonds. The average Bonchev–Trinajstić information content (AvgIpc) is 2.60. The van der Waals surface area contributed by atoms with Crippen molar-refractivity contribution in [1.29, 1.82) is 0 Å². The standard InChI is InChI=1S/C20H22ClNO2/c1-2-19(24-16-10-6-9-15(21)13-16)20(23)22-18-12-5-8-14-7-3-4-11-17(14)18/h3-4,6-7,9-11,13,18-19H,2,5,8,12H2,1H3,(H,22,23)/t18-,19+/m1/s1. The summed E-state index contributed by atoms with van der Waals surface area (Å²) in [6.45, 7) is 1.95. The molecule has 4 heteroatoms. The van der Waals surface area contributed by atoms with Crippen LogP contribution in [0, 0.1) is 0 Å². The molecular weight excluding hydrogens is 322 g/mol. The second-order valence-electron chi connectivity index (χ2n) is 6.12. The van der Waals surface area contributed by atoms with Crippen molar-refractivity contribution in [2.45, 2.75) is 44.8 Å². The van der Waals surface area contributed by atoms with E-state index >= 15 is 0 Å². The van der Waals surface area contributed by atoms with E-state index in [9.17, 15) is 4.79 Å². The van der Waals surface area contributed by atoms with Gasteiger partial charge in [-0.15, -0.1) is 0 Å². The molecule has 0 unspecified atom stereocenters. The Hall–Kier alpha value is -2.00. The summed E-state index contributed by atoms with van der Waals surface area (Å²) in [5.74, 6) is 0.549. The molecule has 126 valence electrons. The van der Waals surface area contributed by atoms with E-state index in [1.165, 1.54) is 11.1 Å². The highest BCUT2D eigenvalue weighted by molar-refractivity contribution is 6.30. The van der Waals surface area contributed by atoms with Crippen LogP contribution in [0.2, 0.25) is 5.02 Å². The van der Waals surface area contributed by atoms with Crippen molar-refractivity contribution >= 4 is 17.5 Å². The molecule has 1 aliphatic carbocycles. The lowest BCUT2D eigenvalue weighted by Crippen LogP contribution is -2.40. The van der Waals surface area contributed by atoms with E-state index in [0.717, 1.165) is 19.3 Å². The molecule has 2 atom stereocenters. The van der Waals surface area contributed by atoms with Gasteiger partial charge < -0.3 is 10.1 Å². The Kier molecular flexibility index (Phi) is 5.41. The zero-order valence-electron chi connectivity index (χ0n) is 13.8. The Labute approximate surface area is 148 Å². The van der Waals surface area contributed by atoms with Gasteiger partial charge in [0.25, 0.3) is 5.91 Å². The Morgan fingerprint density at radius 1 is 1.29 bits per heavy atom. The summed E-state index contributed by atoms with van der Waals surface area (Å²) in [4.78, 5) is 12.7. The highest BCUT2D eigenvalue weighted by Gasteiger charge is 2.25. The predicted molar refractivity (Wildman–Crippen MR) is 96.4 cm³/mol. The van der Waals surface area contributed by atoms with Crippen LogP contribution in [0.25, 0.3) is 0 Å². The summed E-state index contributed by atoms with van der Waals surface area (Å²) >= 11 is 5.98. The number of hydrogen-bond donors (Lipinski definition) is 1. The molecule has 0 fully saturated rings. The monoisotopic (exact) mass is 343 g/mol. The molecule has 0 heterocycles. The molecule has 0 saturated heterocycles. The molecule has 0 aromatic heterocycles. The maximum Gasteiger partial charge on any atom is 0.261 e. The molecule has 2 aromatic carbocycles. The topological polar surface area (TPSA) is 38.3 Å². The first-order chi connectivity index (χ1) is 11.7. The van der Waals surface area contributed by atoms with Crippen molar-refractivity contribution in [1.82, 2.24) is 5.32 Å². The smallest absolute Gasteiger partial charge is 0.261 e. The number of fused-ring (bicyclic) bond motifs is 1. The molecule has 3 nitrogen and oxygen atoms in total. The third-order valence-corrected chi connectivity index (χ3v) is 4.66. The zero-order valence-corrected chi connectivity index (χ0v) is 14.6. The third-order valence-electron chi connectivity index (χ3n) is 4.42. The fraction of sp³-hybridized carbons (Fsp3) is 0.350. The van der Waals surface area contributed by atoms with Gasteiger partial charge in [0.05, 0.1) is 6.04 Å². The van der Waals surface area contributed by atoms with Crippen LogP contribution >= 0.6 is 11.6 Å². The number of hydrogen-bond acceptors (Lipinski definition) is 2. The quantitative estimate of drug-likeness (QED) is 0.855. The first kappa shape index (κ1) is 16.8. The van der Waals surface area contributed by atoms with E-state index in [1.807, 2.05) is 25.1 Å². The maximum atomic E-state index is 12.7. The van der Waals surface area contributed by atoms with Crippen molar-refractivity contribution in [2.75, 3.05) is 0 Å². The van der Waals surface area contributed by atoms with E-state index in [-0.39, 0.29) is 11.9 Å². The van der Waals surface area contributed by atoms with E-state index in [2.05, 4.69) is 23.5 Å². The summed E-state index contributed by atoms with van der Waals surface area (Å²) in [5.41, 5.74) is 2.56. The molecule has 1 N–H and O–H groups in total. The Balaban J connectivity index is 1.69. The first-order valence-electron chi connectivity index (χ1n) is 8.47. The highest BCUT2D eigenvalue weighted by Crippen LogP contribution is 2.29. The van der Waals surface area contributed by atoms with Gasteiger partial charge in [-0.2, -0.15) is 0 Å². The predicted octanol–water partition coefficient (Wildman–Crippen LogP) is 4.69. The SMILES string of the molecule is CC[C@H](Oc1cccc(Cl)c1)C(=O)N[C@@H]1CCCc2ccccc21. The van der Waals surface area contributed by atoms with Crippen molar-refractivity contribution in [2.24, 2.45) is 0 Å². The highest BCUT2D eigenvalue weighted by atomic mass is 35.5. The molecule has 0 spiro atoms. The van der Waals surface area contributed by atoms with Crippen LogP contribution in [0.4, 0.5) is 0 Å². The Morgan fingerprint density at radius 2 is 2.12 bits per heavy atom. The van der Waals surface area contributed by atoms with Gasteiger partial charge in [0.15, 0.2) is 6.10 Å². The number of nitrogens with one attached hydrogen (secondary N) is 1. The number of benzene rings is 2. The van der Waals surface area contributed by atoms with Crippen molar-refractivity contribution in [3.8, 4) is 5.75 Å². The van der Waals surface area contributed by atoms with Crippen LogP contribution in [0.3, 0.4) is 0 Å². The molecule has 1 aliphatic rings. The molecule has 0 radical (unpaired) electrons. The van der Waals surface area contributed by atoms with Crippen LogP contribution in [0.1, 0.15) is 43.4 Å². The van der Waals surface area contributed by atoms with Crippen LogP contribution in [-0.4, -0.2) is 12.0 Å². The lowest BCUT2D eigenvalue weighted by atomic mass is 9.87. The molecule has 0 saturated carbocycles. The first-order valence-corrected chi connectivity index (χ1v) is 8.85. The fourth-order valence-corrected chi connectivity index (χ4v) is 3.38. The third kappa shape index (κ3) is 3.90. The van der Waals surface area contributed by atoms with Crippen molar-refractivity contribution in [3.05, 3.63) is 64.7 Å². The molecule has 3 rings (SSSR count). The van der Waals surface area contributed by atoms with Crippen molar-refractivity contribution < 1.29 is 9.53 Å². The maximum absolute atomic E-state index is 12.7. The molecular formula is C20H22ClNO2. The second-order valence-corrected chi connectivity index (χ2v) is 6.56. The number of rotatable bonds is 5. The van der Waals surface area contributed by atoms with Gasteiger partial charge in [0.1, 0.15) is 5.75 Å². The second kappa shape index (κ2) is 7.71. The normalized spacial score (nSPS) is 17.7. The van der Waals surface area contributed by atoms with Gasteiger partial charge in [-0.25, -0.2) is 0 Å². The number of amides is 1. The van der Waals surface area contributed by atoms with Gasteiger partial charge in [-0.1, -0.05) is 48.9 Å². The van der Waals surface area contributed by atoms with Gasteiger partial charge in [0.2, 0.25) is 0 Å². The van der Waals surface area contributed by atoms with E-state index < -0.39 is 6.10 Å². The lowest BCUT2D eigenvalue weighted by molar-refractivity contribution is -0.129. The average molecular weight is 344 g/mol. The lowest BCUT2D eigenvalue weighted by Gasteiger charge is -2.28. The van der Waals surface area contributed by atoms with Crippen LogP contribution < -0.4 is 10.1 Å². The summed E-state index contributed by atoms with van der Waals surface area (Å²) < 4.78 is 5.84. The van der Waals surface area contributed by atoms with Gasteiger partial charge >= 0.3 is 0 Å². The summed E-state index contributed by atoms with van der Waals surface area (Å²) in [6, 6.07) is 15.6. The fourth-order valence-electron chi connectivity index (χ4n) is 3.20. The minimum atomic E-state index is -0.516. The Bertz CT molecular complexity index is 716. The minimum absolute atomic E-state index is 0.0689. The summed E-state index contributed by atoms with van der Waals surface area (Å²) in [5, 5.41) is 3.76. The van der Waals surface area contributed by atoms with Crippen LogP contribution in [-0.2, 0) is 11.2 Å². The van der Waals surface area contributed by atoms with Gasteiger partial charge in [0, 0.05) is 5.02 Å². The molecule has 2 aromatic rings. The number of ether oxygens (including phenoxy) is 1. The van der Waals surface area contributed by atoms with Gasteiger partial charge in [-0.05, 0) is 55.0 Å². The largest absolute Gasteiger partial charge is 0.481 e. The minimum Gasteiger partial charge on any atom is -0.481 e. The Morgan fingerprint density at radius 3 is 2.92 bits per heavy atom. The molecule has 0 aliphatic heterocycles. The number of aryl methyl sites for hydroxylation is 1. The summed E-state index contributed by atoms with van der Waals surface area (Å²) in [7, 11) is 0. The molecule has 0 bridgehead atoms. The van der Waals surface area contributed by atoms with Gasteiger partial charge in [-0.3, -0.25) is 4.79 Å². The zero-order chi connectivity index (χ0) is 16.9. The van der Waals surface area contributed by atoms with E-state index in [4.69, 9.17) is 16.3 Å². The van der Waals surface area contributed by atoms with Crippen LogP contribution in [0.15, 0.2) is 48.5 Å². The number of carbonyl (C=O) groups is 1. The summed E-state index contributed by atoms with van der Waals surface area (Å²) in [6.07, 6.45) is 3.23. The number of halogens is 1. The number of carbonyl (C=O) groups excluding carboxylic acids is 1. The van der Waals surface area contributed by atoms with Crippen LogP contribution in [0.5, 0.6) is 5.75 Å². The molecule has 24 heavy (non-hydrogen) atoms.